The minimum Gasteiger partial charge on any atom is -0.338 e. The molecule has 3 heteroatoms. The first-order chi connectivity index (χ1) is 8.74. The zero-order valence-electron chi connectivity index (χ0n) is 10.3. The Morgan fingerprint density at radius 1 is 0.944 bits per heavy atom. The Kier molecular flexibility index (Phi) is 3.13. The van der Waals surface area contributed by atoms with Gasteiger partial charge in [0, 0.05) is 23.7 Å². The number of hydrogen-bond donors (Lipinski definition) is 0. The van der Waals surface area contributed by atoms with Gasteiger partial charge in [0.2, 0.25) is 0 Å². The smallest absolute Gasteiger partial charge is 0.253 e. The van der Waals surface area contributed by atoms with Crippen LogP contribution in [0.2, 0.25) is 5.02 Å². The Labute approximate surface area is 112 Å². The van der Waals surface area contributed by atoms with Crippen LogP contribution in [0.1, 0.15) is 36.0 Å². The number of carbonyl (C=O) groups is 1. The zero-order chi connectivity index (χ0) is 12.5. The van der Waals surface area contributed by atoms with Crippen LogP contribution in [0.3, 0.4) is 0 Å². The Balaban J connectivity index is 1.67. The number of hydrogen-bond acceptors (Lipinski definition) is 1. The topological polar surface area (TPSA) is 20.3 Å². The van der Waals surface area contributed by atoms with Gasteiger partial charge in [0.1, 0.15) is 0 Å². The third kappa shape index (κ3) is 2.44. The number of allylic oxidation sites excluding steroid dienone is 1. The molecule has 0 bridgehead atoms. The molecule has 0 N–H and O–H groups in total. The van der Waals surface area contributed by atoms with Crippen molar-refractivity contribution in [3.8, 4) is 0 Å². The first-order valence-corrected chi connectivity index (χ1v) is 6.86. The fraction of sp³-hybridized carbons (Fsp3) is 0.400. The third-order valence-electron chi connectivity index (χ3n) is 3.75. The maximum Gasteiger partial charge on any atom is 0.253 e. The van der Waals surface area contributed by atoms with Crippen molar-refractivity contribution in [3.63, 3.8) is 0 Å². The van der Waals surface area contributed by atoms with Crippen LogP contribution in [0.5, 0.6) is 0 Å². The molecule has 94 valence electrons. The van der Waals surface area contributed by atoms with Crippen LogP contribution in [0.4, 0.5) is 0 Å². The van der Waals surface area contributed by atoms with E-state index in [4.69, 9.17) is 11.6 Å². The largest absolute Gasteiger partial charge is 0.338 e. The maximum absolute atomic E-state index is 12.3. The standard InChI is InChI=1S/C15H16ClNO/c16-14-5-3-13(4-6-14)15(18)17-9-7-12(8-10-17)11-1-2-11/h3-6H,1-2,7-10H2. The molecule has 0 spiro atoms. The Morgan fingerprint density at radius 2 is 1.50 bits per heavy atom. The molecule has 1 aliphatic carbocycles. The van der Waals surface area contributed by atoms with Gasteiger partial charge in [-0.3, -0.25) is 4.79 Å². The molecule has 1 aromatic rings. The van der Waals surface area contributed by atoms with Crippen LogP contribution in [-0.2, 0) is 0 Å². The van der Waals surface area contributed by atoms with E-state index in [0.29, 0.717) is 5.02 Å². The van der Waals surface area contributed by atoms with Crippen LogP contribution in [-0.4, -0.2) is 23.9 Å². The van der Waals surface area contributed by atoms with Crippen LogP contribution < -0.4 is 0 Å². The lowest BCUT2D eigenvalue weighted by molar-refractivity contribution is 0.0743. The summed E-state index contributed by atoms with van der Waals surface area (Å²) in [7, 11) is 0. The number of benzene rings is 1. The summed E-state index contributed by atoms with van der Waals surface area (Å²) in [5.74, 6) is 0.131. The predicted molar refractivity (Wildman–Crippen MR) is 72.8 cm³/mol. The van der Waals surface area contributed by atoms with Gasteiger partial charge in [-0.1, -0.05) is 22.7 Å². The average molecular weight is 262 g/mol. The summed E-state index contributed by atoms with van der Waals surface area (Å²) in [6.45, 7) is 1.72. The Hall–Kier alpha value is -1.28. The lowest BCUT2D eigenvalue weighted by Crippen LogP contribution is -2.36. The van der Waals surface area contributed by atoms with Crippen LogP contribution in [0.15, 0.2) is 35.4 Å². The van der Waals surface area contributed by atoms with Crippen molar-refractivity contribution in [2.24, 2.45) is 0 Å². The summed E-state index contributed by atoms with van der Waals surface area (Å²) in [6, 6.07) is 7.16. The molecule has 3 rings (SSSR count). The molecule has 1 aliphatic heterocycles. The minimum atomic E-state index is 0.131. The predicted octanol–water partition coefficient (Wildman–Crippen LogP) is 3.67. The number of rotatable bonds is 1. The van der Waals surface area contributed by atoms with Gasteiger partial charge in [-0.2, -0.15) is 0 Å². The third-order valence-corrected chi connectivity index (χ3v) is 4.00. The van der Waals surface area contributed by atoms with Crippen molar-refractivity contribution < 1.29 is 4.79 Å². The van der Waals surface area contributed by atoms with Crippen molar-refractivity contribution in [3.05, 3.63) is 46.0 Å². The molecule has 0 radical (unpaired) electrons. The number of halogens is 1. The van der Waals surface area contributed by atoms with Crippen molar-refractivity contribution in [1.82, 2.24) is 4.90 Å². The van der Waals surface area contributed by atoms with E-state index in [-0.39, 0.29) is 5.91 Å². The molecule has 1 amide bonds. The second kappa shape index (κ2) is 4.77. The minimum absolute atomic E-state index is 0.131. The molecule has 0 unspecified atom stereocenters. The van der Waals surface area contributed by atoms with Gasteiger partial charge in [0.15, 0.2) is 0 Å². The van der Waals surface area contributed by atoms with Gasteiger partial charge in [-0.15, -0.1) is 0 Å². The van der Waals surface area contributed by atoms with Gasteiger partial charge in [0.05, 0.1) is 0 Å². The average Bonchev–Trinajstić information content (AvgIpc) is 3.23. The van der Waals surface area contributed by atoms with Crippen LogP contribution >= 0.6 is 11.6 Å². The SMILES string of the molecule is O=C(c1ccc(Cl)cc1)N1CCC(=C2CC2)CC1. The second-order valence-electron chi connectivity index (χ2n) is 5.01. The Morgan fingerprint density at radius 3 is 2.06 bits per heavy atom. The first kappa shape index (κ1) is 11.8. The fourth-order valence-electron chi connectivity index (χ4n) is 2.52. The van der Waals surface area contributed by atoms with E-state index in [2.05, 4.69) is 0 Å². The van der Waals surface area contributed by atoms with Gasteiger partial charge >= 0.3 is 0 Å². The number of nitrogens with zero attached hydrogens (tertiary/aromatic N) is 1. The first-order valence-electron chi connectivity index (χ1n) is 6.48. The molecular weight excluding hydrogens is 246 g/mol. The van der Waals surface area contributed by atoms with Crippen molar-refractivity contribution in [2.75, 3.05) is 13.1 Å². The molecule has 2 fully saturated rings. The van der Waals surface area contributed by atoms with Gasteiger partial charge in [-0.25, -0.2) is 0 Å². The van der Waals surface area contributed by atoms with Crippen LogP contribution in [0, 0.1) is 0 Å². The monoisotopic (exact) mass is 261 g/mol. The highest BCUT2D eigenvalue weighted by molar-refractivity contribution is 6.30. The lowest BCUT2D eigenvalue weighted by Gasteiger charge is -2.28. The van der Waals surface area contributed by atoms with E-state index in [1.54, 1.807) is 35.4 Å². The molecule has 2 aliphatic rings. The van der Waals surface area contributed by atoms with E-state index >= 15 is 0 Å². The Bertz CT molecular complexity index is 488. The zero-order valence-corrected chi connectivity index (χ0v) is 11.0. The molecule has 1 aromatic carbocycles. The highest BCUT2D eigenvalue weighted by atomic mass is 35.5. The quantitative estimate of drug-likeness (QED) is 0.707. The molecule has 1 saturated heterocycles. The van der Waals surface area contributed by atoms with E-state index in [1.807, 2.05) is 4.90 Å². The molecule has 2 nitrogen and oxygen atoms in total. The van der Waals surface area contributed by atoms with E-state index in [9.17, 15) is 4.79 Å². The number of carbonyl (C=O) groups excluding carboxylic acids is 1. The van der Waals surface area contributed by atoms with Crippen molar-refractivity contribution >= 4 is 17.5 Å². The van der Waals surface area contributed by atoms with Gasteiger partial charge < -0.3 is 4.90 Å². The number of amides is 1. The highest BCUT2D eigenvalue weighted by Gasteiger charge is 2.24. The molecular formula is C15H16ClNO. The van der Waals surface area contributed by atoms with Gasteiger partial charge in [0.25, 0.3) is 5.91 Å². The second-order valence-corrected chi connectivity index (χ2v) is 5.44. The molecule has 0 aromatic heterocycles. The molecule has 1 heterocycles. The summed E-state index contributed by atoms with van der Waals surface area (Å²) >= 11 is 5.83. The summed E-state index contributed by atoms with van der Waals surface area (Å²) < 4.78 is 0. The number of piperidine rings is 1. The summed E-state index contributed by atoms with van der Waals surface area (Å²) in [5.41, 5.74) is 3.99. The summed E-state index contributed by atoms with van der Waals surface area (Å²) in [6.07, 6.45) is 4.71. The summed E-state index contributed by atoms with van der Waals surface area (Å²) in [5, 5.41) is 0.672. The van der Waals surface area contributed by atoms with E-state index in [1.165, 1.54) is 12.8 Å². The molecule has 1 saturated carbocycles. The fourth-order valence-corrected chi connectivity index (χ4v) is 2.65. The summed E-state index contributed by atoms with van der Waals surface area (Å²) in [4.78, 5) is 14.2. The molecule has 0 atom stereocenters. The maximum atomic E-state index is 12.3. The highest BCUT2D eigenvalue weighted by Crippen LogP contribution is 2.36. The molecule has 18 heavy (non-hydrogen) atoms. The van der Waals surface area contributed by atoms with E-state index in [0.717, 1.165) is 31.5 Å². The van der Waals surface area contributed by atoms with E-state index < -0.39 is 0 Å². The number of likely N-dealkylation sites (tertiary alicyclic amines) is 1. The van der Waals surface area contributed by atoms with Crippen molar-refractivity contribution in [2.45, 2.75) is 25.7 Å². The normalized spacial score (nSPS) is 19.1. The lowest BCUT2D eigenvalue weighted by atomic mass is 10.0. The van der Waals surface area contributed by atoms with Gasteiger partial charge in [-0.05, 0) is 49.9 Å². The van der Waals surface area contributed by atoms with Crippen LogP contribution in [0.25, 0.3) is 0 Å². The van der Waals surface area contributed by atoms with Crippen molar-refractivity contribution in [1.29, 1.82) is 0 Å².